The van der Waals surface area contributed by atoms with E-state index in [0.29, 0.717) is 34.3 Å². The summed E-state index contributed by atoms with van der Waals surface area (Å²) in [6.07, 6.45) is 1.78. The minimum Gasteiger partial charge on any atom is -0.588 e. The normalized spacial score (nSPS) is 14.9. The van der Waals surface area contributed by atoms with Crippen LogP contribution in [0, 0.1) is 6.92 Å². The lowest BCUT2D eigenvalue weighted by atomic mass is 10.1. The van der Waals surface area contributed by atoms with Crippen LogP contribution in [0.2, 0.25) is 5.02 Å². The minimum absolute atomic E-state index is 0.0384. The molecular formula is C23H23ClN4O2S. The Morgan fingerprint density at radius 3 is 2.48 bits per heavy atom. The van der Waals surface area contributed by atoms with E-state index in [2.05, 4.69) is 14.6 Å². The van der Waals surface area contributed by atoms with Crippen LogP contribution in [0.1, 0.15) is 15.9 Å². The van der Waals surface area contributed by atoms with Crippen molar-refractivity contribution < 1.29 is 9.35 Å². The molecule has 1 atom stereocenters. The smallest absolute Gasteiger partial charge is 0.254 e. The number of pyridine rings is 1. The Morgan fingerprint density at radius 1 is 1.06 bits per heavy atom. The Kier molecular flexibility index (Phi) is 6.65. The highest BCUT2D eigenvalue weighted by molar-refractivity contribution is 7.92. The number of hydrogen-bond acceptors (Lipinski definition) is 5. The van der Waals surface area contributed by atoms with Gasteiger partial charge in [-0.3, -0.25) is 4.79 Å². The van der Waals surface area contributed by atoms with Gasteiger partial charge in [0.05, 0.1) is 5.69 Å². The lowest BCUT2D eigenvalue weighted by molar-refractivity contribution is 0.0745. The average Bonchev–Trinajstić information content (AvgIpc) is 2.81. The number of aromatic nitrogens is 1. The lowest BCUT2D eigenvalue weighted by Crippen LogP contribution is -2.49. The highest BCUT2D eigenvalue weighted by Gasteiger charge is 2.25. The second-order valence-corrected chi connectivity index (χ2v) is 8.97. The van der Waals surface area contributed by atoms with Gasteiger partial charge in [0, 0.05) is 49.0 Å². The van der Waals surface area contributed by atoms with E-state index in [4.69, 9.17) is 11.6 Å². The Hall–Kier alpha value is -2.74. The molecule has 0 saturated carbocycles. The van der Waals surface area contributed by atoms with Crippen LogP contribution in [0.15, 0.2) is 71.8 Å². The van der Waals surface area contributed by atoms with E-state index in [1.807, 2.05) is 36.1 Å². The first kappa shape index (κ1) is 21.5. The molecule has 31 heavy (non-hydrogen) atoms. The van der Waals surface area contributed by atoms with Gasteiger partial charge in [-0.05, 0) is 55.0 Å². The molecule has 2 heterocycles. The summed E-state index contributed by atoms with van der Waals surface area (Å²) in [5.41, 5.74) is 2.14. The van der Waals surface area contributed by atoms with Crippen molar-refractivity contribution in [2.45, 2.75) is 11.8 Å². The number of halogens is 1. The summed E-state index contributed by atoms with van der Waals surface area (Å²) in [4.78, 5) is 22.2. The molecule has 1 aliphatic heterocycles. The molecule has 1 amide bonds. The van der Waals surface area contributed by atoms with Gasteiger partial charge in [-0.25, -0.2) is 9.71 Å². The zero-order chi connectivity index (χ0) is 21.8. The van der Waals surface area contributed by atoms with Crippen molar-refractivity contribution in [2.24, 2.45) is 0 Å². The number of carbonyl (C=O) groups excluding carboxylic acids is 1. The van der Waals surface area contributed by atoms with E-state index in [0.717, 1.165) is 24.5 Å². The van der Waals surface area contributed by atoms with Crippen molar-refractivity contribution in [1.82, 2.24) is 9.88 Å². The fraction of sp³-hybridized carbons (Fsp3) is 0.217. The number of amides is 1. The van der Waals surface area contributed by atoms with E-state index < -0.39 is 11.4 Å². The molecular weight excluding hydrogens is 432 g/mol. The number of anilines is 2. The van der Waals surface area contributed by atoms with E-state index in [1.165, 1.54) is 0 Å². The number of hydrogen-bond donors (Lipinski definition) is 1. The van der Waals surface area contributed by atoms with Gasteiger partial charge in [-0.15, -0.1) is 0 Å². The molecule has 1 saturated heterocycles. The third-order valence-electron chi connectivity index (χ3n) is 5.25. The molecule has 160 valence electrons. The first-order valence-corrected chi connectivity index (χ1v) is 11.5. The second kappa shape index (κ2) is 9.60. The Labute approximate surface area is 190 Å². The third-order valence-corrected chi connectivity index (χ3v) is 6.60. The van der Waals surface area contributed by atoms with Crippen LogP contribution < -0.4 is 9.62 Å². The van der Waals surface area contributed by atoms with Crippen LogP contribution in [-0.4, -0.2) is 46.5 Å². The van der Waals surface area contributed by atoms with Gasteiger partial charge in [0.25, 0.3) is 5.91 Å². The minimum atomic E-state index is -1.49. The molecule has 0 spiro atoms. The van der Waals surface area contributed by atoms with Crippen molar-refractivity contribution in [2.75, 3.05) is 35.8 Å². The van der Waals surface area contributed by atoms with E-state index in [9.17, 15) is 9.35 Å². The summed E-state index contributed by atoms with van der Waals surface area (Å²) < 4.78 is 15.7. The Morgan fingerprint density at radius 2 is 1.81 bits per heavy atom. The van der Waals surface area contributed by atoms with Crippen molar-refractivity contribution in [3.8, 4) is 0 Å². The van der Waals surface area contributed by atoms with Crippen LogP contribution >= 0.6 is 11.6 Å². The molecule has 3 aromatic rings. The summed E-state index contributed by atoms with van der Waals surface area (Å²) in [5.74, 6) is 0.889. The quantitative estimate of drug-likeness (QED) is 0.586. The Bertz CT molecular complexity index is 1040. The zero-order valence-corrected chi connectivity index (χ0v) is 18.7. The highest BCUT2D eigenvalue weighted by atomic mass is 35.5. The number of piperazine rings is 1. The van der Waals surface area contributed by atoms with Gasteiger partial charge in [-0.2, -0.15) is 0 Å². The molecule has 0 bridgehead atoms. The molecule has 6 nitrogen and oxygen atoms in total. The van der Waals surface area contributed by atoms with E-state index in [-0.39, 0.29) is 5.91 Å². The third kappa shape index (κ3) is 5.12. The van der Waals surface area contributed by atoms with Crippen LogP contribution in [-0.2, 0) is 11.4 Å². The predicted molar refractivity (Wildman–Crippen MR) is 125 cm³/mol. The van der Waals surface area contributed by atoms with Gasteiger partial charge < -0.3 is 14.4 Å². The summed E-state index contributed by atoms with van der Waals surface area (Å²) in [7, 11) is 0. The van der Waals surface area contributed by atoms with Crippen LogP contribution in [0.4, 0.5) is 11.5 Å². The number of benzene rings is 2. The number of rotatable bonds is 5. The first-order valence-electron chi connectivity index (χ1n) is 10.0. The second-order valence-electron chi connectivity index (χ2n) is 7.32. The van der Waals surface area contributed by atoms with Crippen molar-refractivity contribution in [3.05, 3.63) is 83.0 Å². The standard InChI is InChI=1S/C23H23ClN4O2S/c1-17-5-10-20(31(30)26-19-8-6-18(24)7-9-19)16-21(17)23(29)28-14-12-27(13-15-28)22-4-2-3-11-25-22/h2-11,16,26H,12-15H2,1H3. The molecule has 2 aromatic carbocycles. The van der Waals surface area contributed by atoms with Crippen LogP contribution in [0.25, 0.3) is 0 Å². The molecule has 1 N–H and O–H groups in total. The highest BCUT2D eigenvalue weighted by Crippen LogP contribution is 2.22. The van der Waals surface area contributed by atoms with E-state index >= 15 is 0 Å². The average molecular weight is 455 g/mol. The molecule has 1 fully saturated rings. The summed E-state index contributed by atoms with van der Waals surface area (Å²) in [6.45, 7) is 4.59. The lowest BCUT2D eigenvalue weighted by Gasteiger charge is -2.35. The summed E-state index contributed by atoms with van der Waals surface area (Å²) in [6, 6.07) is 18.2. The molecule has 1 aromatic heterocycles. The molecule has 8 heteroatoms. The molecule has 0 aliphatic carbocycles. The topological polar surface area (TPSA) is 71.5 Å². The zero-order valence-electron chi connectivity index (χ0n) is 17.1. The molecule has 0 radical (unpaired) electrons. The molecule has 1 aliphatic rings. The summed E-state index contributed by atoms with van der Waals surface area (Å²) in [5, 5.41) is 0.614. The molecule has 4 rings (SSSR count). The number of carbonyl (C=O) groups is 1. The number of nitrogens with zero attached hydrogens (tertiary/aromatic N) is 3. The maximum Gasteiger partial charge on any atom is 0.254 e. The van der Waals surface area contributed by atoms with Gasteiger partial charge in [0.15, 0.2) is 4.90 Å². The van der Waals surface area contributed by atoms with Gasteiger partial charge in [-0.1, -0.05) is 23.7 Å². The van der Waals surface area contributed by atoms with Crippen molar-refractivity contribution >= 4 is 40.4 Å². The maximum absolute atomic E-state index is 13.2. The van der Waals surface area contributed by atoms with Gasteiger partial charge in [0.2, 0.25) is 0 Å². The fourth-order valence-corrected chi connectivity index (χ4v) is 4.49. The van der Waals surface area contributed by atoms with Crippen LogP contribution in [0.5, 0.6) is 0 Å². The maximum atomic E-state index is 13.2. The van der Waals surface area contributed by atoms with Crippen molar-refractivity contribution in [3.63, 3.8) is 0 Å². The number of aryl methyl sites for hydroxylation is 1. The largest absolute Gasteiger partial charge is 0.588 e. The van der Waals surface area contributed by atoms with E-state index in [1.54, 1.807) is 42.6 Å². The SMILES string of the molecule is Cc1ccc([S+]([O-])Nc2ccc(Cl)cc2)cc1C(=O)N1CCN(c2ccccn2)CC1. The molecule has 1 unspecified atom stereocenters. The summed E-state index contributed by atoms with van der Waals surface area (Å²) >= 11 is 4.41. The number of nitrogens with one attached hydrogen (secondary N) is 1. The van der Waals surface area contributed by atoms with Gasteiger partial charge in [0.1, 0.15) is 17.2 Å². The first-order chi connectivity index (χ1) is 15.0. The Balaban J connectivity index is 1.44. The van der Waals surface area contributed by atoms with Crippen molar-refractivity contribution in [1.29, 1.82) is 0 Å². The monoisotopic (exact) mass is 454 g/mol. The van der Waals surface area contributed by atoms with Gasteiger partial charge >= 0.3 is 0 Å². The fourth-order valence-electron chi connectivity index (χ4n) is 3.48. The predicted octanol–water partition coefficient (Wildman–Crippen LogP) is 4.14. The van der Waals surface area contributed by atoms with Crippen LogP contribution in [0.3, 0.4) is 0 Å².